The second kappa shape index (κ2) is 9.48. The molecule has 32 heavy (non-hydrogen) atoms. The lowest BCUT2D eigenvalue weighted by atomic mass is 10.1. The third kappa shape index (κ3) is 4.80. The van der Waals surface area contributed by atoms with Gasteiger partial charge in [0.2, 0.25) is 10.0 Å². The highest BCUT2D eigenvalue weighted by Crippen LogP contribution is 2.20. The van der Waals surface area contributed by atoms with Gasteiger partial charge < -0.3 is 9.80 Å². The maximum Gasteiger partial charge on any atom is 0.253 e. The number of anilines is 1. The van der Waals surface area contributed by atoms with Crippen molar-refractivity contribution in [1.82, 2.24) is 14.6 Å². The fourth-order valence-corrected chi connectivity index (χ4v) is 5.22. The largest absolute Gasteiger partial charge is 0.352 e. The average molecular weight is 468 g/mol. The number of sulfonamides is 1. The van der Waals surface area contributed by atoms with Crippen LogP contribution in [0.2, 0.25) is 0 Å². The van der Waals surface area contributed by atoms with Crippen molar-refractivity contribution >= 4 is 33.1 Å². The summed E-state index contributed by atoms with van der Waals surface area (Å²) in [6, 6.07) is 15.3. The van der Waals surface area contributed by atoms with Crippen LogP contribution in [-0.2, 0) is 16.6 Å². The van der Waals surface area contributed by atoms with E-state index in [4.69, 9.17) is 0 Å². The molecule has 0 atom stereocenters. The summed E-state index contributed by atoms with van der Waals surface area (Å²) in [5, 5.41) is 11.2. The highest BCUT2D eigenvalue weighted by Gasteiger charge is 2.24. The molecule has 0 saturated carbocycles. The van der Waals surface area contributed by atoms with Crippen molar-refractivity contribution in [3.63, 3.8) is 0 Å². The van der Waals surface area contributed by atoms with E-state index in [2.05, 4.69) is 15.8 Å². The Morgan fingerprint density at radius 1 is 1.09 bits per heavy atom. The molecular weight excluding hydrogens is 446 g/mol. The third-order valence-electron chi connectivity index (χ3n) is 5.20. The summed E-state index contributed by atoms with van der Waals surface area (Å²) < 4.78 is 27.6. The molecule has 1 aliphatic heterocycles. The molecule has 1 aromatic carbocycles. The number of carbonyl (C=O) groups is 1. The van der Waals surface area contributed by atoms with Crippen LogP contribution in [0.5, 0.6) is 0 Å². The number of rotatable bonds is 6. The van der Waals surface area contributed by atoms with Crippen LogP contribution < -0.4 is 9.62 Å². The van der Waals surface area contributed by atoms with Crippen molar-refractivity contribution in [2.24, 2.45) is 0 Å². The van der Waals surface area contributed by atoms with Crippen molar-refractivity contribution in [3.8, 4) is 6.07 Å². The van der Waals surface area contributed by atoms with Crippen molar-refractivity contribution in [3.05, 3.63) is 76.1 Å². The molecule has 1 aliphatic rings. The van der Waals surface area contributed by atoms with Crippen LogP contribution in [0.4, 0.5) is 5.82 Å². The molecular formula is C22H21N5O3S2. The topological polar surface area (TPSA) is 106 Å². The van der Waals surface area contributed by atoms with Crippen molar-refractivity contribution in [2.75, 3.05) is 31.1 Å². The van der Waals surface area contributed by atoms with E-state index in [0.29, 0.717) is 43.1 Å². The van der Waals surface area contributed by atoms with E-state index < -0.39 is 10.0 Å². The quantitative estimate of drug-likeness (QED) is 0.597. The van der Waals surface area contributed by atoms with E-state index in [1.165, 1.54) is 23.5 Å². The standard InChI is InChI=1S/C22H21N5O3S2/c23-15-18-3-1-9-24-21(18)26-10-12-27(13-11-26)22(28)17-5-7-20(8-6-17)32(29,30)25-16-19-4-2-14-31-19/h1-9,14,25H,10-13,16H2. The molecule has 10 heteroatoms. The zero-order chi connectivity index (χ0) is 22.6. The Balaban J connectivity index is 1.37. The van der Waals surface area contributed by atoms with E-state index in [0.717, 1.165) is 4.88 Å². The molecule has 164 valence electrons. The molecule has 1 fully saturated rings. The van der Waals surface area contributed by atoms with E-state index in [1.807, 2.05) is 22.4 Å². The smallest absolute Gasteiger partial charge is 0.253 e. The molecule has 0 radical (unpaired) electrons. The Kier molecular flexibility index (Phi) is 6.50. The predicted molar refractivity (Wildman–Crippen MR) is 122 cm³/mol. The third-order valence-corrected chi connectivity index (χ3v) is 7.50. The molecule has 0 unspecified atom stereocenters. The highest BCUT2D eigenvalue weighted by molar-refractivity contribution is 7.89. The fourth-order valence-electron chi connectivity index (χ4n) is 3.48. The normalized spacial score (nSPS) is 14.2. The number of piperazine rings is 1. The molecule has 1 saturated heterocycles. The molecule has 2 aromatic heterocycles. The average Bonchev–Trinajstić information content (AvgIpc) is 3.36. The Morgan fingerprint density at radius 2 is 1.84 bits per heavy atom. The number of pyridine rings is 1. The first-order valence-electron chi connectivity index (χ1n) is 9.99. The second-order valence-electron chi connectivity index (χ2n) is 7.19. The number of amides is 1. The molecule has 3 heterocycles. The van der Waals surface area contributed by atoms with Crippen LogP contribution in [0.25, 0.3) is 0 Å². The molecule has 1 N–H and O–H groups in total. The van der Waals surface area contributed by atoms with Crippen LogP contribution >= 0.6 is 11.3 Å². The van der Waals surface area contributed by atoms with Crippen molar-refractivity contribution in [2.45, 2.75) is 11.4 Å². The van der Waals surface area contributed by atoms with Gasteiger partial charge in [0.15, 0.2) is 0 Å². The maximum atomic E-state index is 12.9. The molecule has 4 rings (SSSR count). The van der Waals surface area contributed by atoms with Crippen molar-refractivity contribution in [1.29, 1.82) is 5.26 Å². The predicted octanol–water partition coefficient (Wildman–Crippen LogP) is 2.46. The van der Waals surface area contributed by atoms with Gasteiger partial charge in [0.25, 0.3) is 5.91 Å². The molecule has 0 spiro atoms. The summed E-state index contributed by atoms with van der Waals surface area (Å²) in [5.74, 6) is 0.480. The lowest BCUT2D eigenvalue weighted by molar-refractivity contribution is 0.0746. The van der Waals surface area contributed by atoms with Gasteiger partial charge in [-0.25, -0.2) is 18.1 Å². The Bertz CT molecular complexity index is 1230. The van der Waals surface area contributed by atoms with E-state index >= 15 is 0 Å². The monoisotopic (exact) mass is 467 g/mol. The number of thiophene rings is 1. The van der Waals surface area contributed by atoms with Gasteiger partial charge in [0, 0.05) is 49.4 Å². The lowest BCUT2D eigenvalue weighted by Gasteiger charge is -2.35. The number of nitriles is 1. The van der Waals surface area contributed by atoms with E-state index in [-0.39, 0.29) is 17.3 Å². The van der Waals surface area contributed by atoms with Gasteiger partial charge in [0.05, 0.1) is 10.5 Å². The number of aromatic nitrogens is 1. The minimum absolute atomic E-state index is 0.120. The zero-order valence-electron chi connectivity index (χ0n) is 17.1. The minimum atomic E-state index is -3.66. The van der Waals surface area contributed by atoms with Gasteiger partial charge in [-0.05, 0) is 47.8 Å². The van der Waals surface area contributed by atoms with Crippen LogP contribution in [0.15, 0.2) is 65.0 Å². The second-order valence-corrected chi connectivity index (χ2v) is 9.99. The molecule has 3 aromatic rings. The van der Waals surface area contributed by atoms with Crippen LogP contribution in [0.1, 0.15) is 20.8 Å². The summed E-state index contributed by atoms with van der Waals surface area (Å²) in [6.45, 7) is 2.34. The fraction of sp³-hybridized carbons (Fsp3) is 0.227. The highest BCUT2D eigenvalue weighted by atomic mass is 32.2. The van der Waals surface area contributed by atoms with E-state index in [1.54, 1.807) is 35.4 Å². The first-order chi connectivity index (χ1) is 15.5. The van der Waals surface area contributed by atoms with Crippen molar-refractivity contribution < 1.29 is 13.2 Å². The Morgan fingerprint density at radius 3 is 2.50 bits per heavy atom. The van der Waals surface area contributed by atoms with Gasteiger partial charge in [0.1, 0.15) is 11.9 Å². The van der Waals surface area contributed by atoms with Crippen LogP contribution in [-0.4, -0.2) is 50.4 Å². The van der Waals surface area contributed by atoms with Gasteiger partial charge in [-0.2, -0.15) is 5.26 Å². The Hall–Kier alpha value is -3.26. The lowest BCUT2D eigenvalue weighted by Crippen LogP contribution is -2.49. The van der Waals surface area contributed by atoms with Gasteiger partial charge >= 0.3 is 0 Å². The summed E-state index contributed by atoms with van der Waals surface area (Å²) in [6.07, 6.45) is 1.65. The summed E-state index contributed by atoms with van der Waals surface area (Å²) >= 11 is 1.48. The molecule has 0 bridgehead atoms. The van der Waals surface area contributed by atoms with Crippen LogP contribution in [0.3, 0.4) is 0 Å². The molecule has 1 amide bonds. The maximum absolute atomic E-state index is 12.9. The number of nitrogens with one attached hydrogen (secondary N) is 1. The number of benzene rings is 1. The minimum Gasteiger partial charge on any atom is -0.352 e. The Labute approximate surface area is 190 Å². The number of nitrogens with zero attached hydrogens (tertiary/aromatic N) is 4. The zero-order valence-corrected chi connectivity index (χ0v) is 18.8. The van der Waals surface area contributed by atoms with Crippen LogP contribution in [0, 0.1) is 11.3 Å². The number of hydrogen-bond donors (Lipinski definition) is 1. The van der Waals surface area contributed by atoms with E-state index in [9.17, 15) is 18.5 Å². The van der Waals surface area contributed by atoms with Gasteiger partial charge in [-0.3, -0.25) is 4.79 Å². The summed E-state index contributed by atoms with van der Waals surface area (Å²) in [5.41, 5.74) is 0.947. The number of carbonyl (C=O) groups excluding carboxylic acids is 1. The first kappa shape index (κ1) is 22.0. The summed E-state index contributed by atoms with van der Waals surface area (Å²) in [7, 11) is -3.66. The molecule has 0 aliphatic carbocycles. The summed E-state index contributed by atoms with van der Waals surface area (Å²) in [4.78, 5) is 22.0. The SMILES string of the molecule is N#Cc1cccnc1N1CCN(C(=O)c2ccc(S(=O)(=O)NCc3cccs3)cc2)CC1. The molecule has 8 nitrogen and oxygen atoms in total. The first-order valence-corrected chi connectivity index (χ1v) is 12.4. The van der Waals surface area contributed by atoms with Gasteiger partial charge in [-0.1, -0.05) is 6.07 Å². The van der Waals surface area contributed by atoms with Gasteiger partial charge in [-0.15, -0.1) is 11.3 Å². The number of hydrogen-bond acceptors (Lipinski definition) is 7.